The van der Waals surface area contributed by atoms with Gasteiger partial charge < -0.3 is 5.32 Å². The second kappa shape index (κ2) is 5.38. The van der Waals surface area contributed by atoms with Crippen LogP contribution in [0.1, 0.15) is 5.69 Å². The molecule has 102 valence electrons. The number of aromatic nitrogens is 5. The molecule has 0 aliphatic carbocycles. The van der Waals surface area contributed by atoms with E-state index in [-0.39, 0.29) is 0 Å². The number of aromatic amines is 1. The summed E-state index contributed by atoms with van der Waals surface area (Å²) in [6.45, 7) is 0. The van der Waals surface area contributed by atoms with Crippen LogP contribution < -0.4 is 5.32 Å². The van der Waals surface area contributed by atoms with Gasteiger partial charge >= 0.3 is 0 Å². The molecule has 3 aromatic rings. The molecule has 0 saturated heterocycles. The van der Waals surface area contributed by atoms with Crippen LogP contribution in [0.15, 0.2) is 36.7 Å². The third-order valence-corrected chi connectivity index (χ3v) is 2.99. The number of rotatable bonds is 3. The molecule has 7 nitrogen and oxygen atoms in total. The summed E-state index contributed by atoms with van der Waals surface area (Å²) in [5, 5.41) is 26.9. The average Bonchev–Trinajstić information content (AvgIpc) is 3.08. The lowest BCUT2D eigenvalue weighted by Gasteiger charge is -2.04. The Morgan fingerprint density at radius 1 is 1.14 bits per heavy atom. The number of anilines is 1. The molecule has 3 aromatic heterocycles. The maximum absolute atomic E-state index is 9.28. The van der Waals surface area contributed by atoms with E-state index in [9.17, 15) is 5.26 Å². The molecule has 7 heteroatoms. The Bertz CT molecular complexity index is 785. The van der Waals surface area contributed by atoms with Crippen molar-refractivity contribution in [2.24, 2.45) is 0 Å². The highest BCUT2D eigenvalue weighted by Gasteiger charge is 2.10. The van der Waals surface area contributed by atoms with Crippen molar-refractivity contribution in [2.45, 2.75) is 0 Å². The summed E-state index contributed by atoms with van der Waals surface area (Å²) in [5.41, 5.74) is 3.10. The van der Waals surface area contributed by atoms with Crippen molar-refractivity contribution < 1.29 is 0 Å². The molecule has 0 bridgehead atoms. The molecule has 0 atom stereocenters. The number of hydrogen-bond acceptors (Lipinski definition) is 6. The first kappa shape index (κ1) is 12.7. The smallest absolute Gasteiger partial charge is 0.149 e. The van der Waals surface area contributed by atoms with Crippen molar-refractivity contribution in [1.82, 2.24) is 25.4 Å². The summed E-state index contributed by atoms with van der Waals surface area (Å²) in [6.07, 6.45) is 3.37. The Hall–Kier alpha value is -3.27. The van der Waals surface area contributed by atoms with Crippen molar-refractivity contribution in [3.63, 3.8) is 0 Å². The van der Waals surface area contributed by atoms with Crippen molar-refractivity contribution >= 4 is 5.82 Å². The Balaban J connectivity index is 2.03. The third kappa shape index (κ3) is 2.42. The lowest BCUT2D eigenvalue weighted by atomic mass is 10.1. The van der Waals surface area contributed by atoms with E-state index < -0.39 is 0 Å². The topological polar surface area (TPSA) is 103 Å². The molecule has 0 aromatic carbocycles. The number of hydrogen-bond donors (Lipinski definition) is 2. The molecule has 0 aliphatic rings. The normalized spacial score (nSPS) is 10.1. The summed E-state index contributed by atoms with van der Waals surface area (Å²) in [6, 6.07) is 9.36. The standard InChI is InChI=1S/C14H11N7/c1-16-14-5-4-12(20-21-14)11-3-2-10(13(6-15)19-11)9-7-17-18-8-9/h2-5,7-8H,1H3,(H,16,21)(H,17,18). The SMILES string of the molecule is CNc1ccc(-c2ccc(-c3cn[nH]c3)c(C#N)n2)nn1. The Labute approximate surface area is 120 Å². The van der Waals surface area contributed by atoms with E-state index in [0.29, 0.717) is 22.9 Å². The largest absolute Gasteiger partial charge is 0.372 e. The number of nitrogens with one attached hydrogen (secondary N) is 2. The van der Waals surface area contributed by atoms with E-state index in [1.807, 2.05) is 12.1 Å². The van der Waals surface area contributed by atoms with Gasteiger partial charge in [0.25, 0.3) is 0 Å². The van der Waals surface area contributed by atoms with Gasteiger partial charge in [0.1, 0.15) is 23.3 Å². The predicted octanol–water partition coefficient (Wildman–Crippen LogP) is 1.84. The molecule has 0 spiro atoms. The zero-order valence-corrected chi connectivity index (χ0v) is 11.2. The molecule has 3 heterocycles. The number of nitrogens with zero attached hydrogens (tertiary/aromatic N) is 5. The minimum absolute atomic E-state index is 0.327. The molecule has 2 N–H and O–H groups in total. The lowest BCUT2D eigenvalue weighted by molar-refractivity contribution is 1.03. The van der Waals surface area contributed by atoms with Crippen LogP contribution in [0.5, 0.6) is 0 Å². The van der Waals surface area contributed by atoms with E-state index in [0.717, 1.165) is 11.1 Å². The molecule has 0 fully saturated rings. The monoisotopic (exact) mass is 277 g/mol. The van der Waals surface area contributed by atoms with E-state index in [1.165, 1.54) is 0 Å². The van der Waals surface area contributed by atoms with Crippen molar-refractivity contribution in [3.05, 3.63) is 42.4 Å². The van der Waals surface area contributed by atoms with E-state index >= 15 is 0 Å². The van der Waals surface area contributed by atoms with Crippen molar-refractivity contribution in [2.75, 3.05) is 12.4 Å². The predicted molar refractivity (Wildman–Crippen MR) is 77.1 cm³/mol. The van der Waals surface area contributed by atoms with Gasteiger partial charge in [-0.2, -0.15) is 10.4 Å². The fraction of sp³-hybridized carbons (Fsp3) is 0.0714. The van der Waals surface area contributed by atoms with Gasteiger partial charge in [0.2, 0.25) is 0 Å². The number of H-pyrrole nitrogens is 1. The van der Waals surface area contributed by atoms with Crippen LogP contribution in [-0.4, -0.2) is 32.4 Å². The van der Waals surface area contributed by atoms with Gasteiger partial charge in [-0.1, -0.05) is 0 Å². The van der Waals surface area contributed by atoms with Gasteiger partial charge in [-0.25, -0.2) is 4.98 Å². The van der Waals surface area contributed by atoms with Gasteiger partial charge in [0.05, 0.1) is 11.9 Å². The zero-order valence-electron chi connectivity index (χ0n) is 11.2. The minimum Gasteiger partial charge on any atom is -0.372 e. The Morgan fingerprint density at radius 3 is 2.62 bits per heavy atom. The van der Waals surface area contributed by atoms with Gasteiger partial charge in [0.15, 0.2) is 0 Å². The number of pyridine rings is 1. The van der Waals surface area contributed by atoms with Gasteiger partial charge in [-0.3, -0.25) is 5.10 Å². The van der Waals surface area contributed by atoms with Crippen LogP contribution in [0.4, 0.5) is 5.82 Å². The molecule has 21 heavy (non-hydrogen) atoms. The van der Waals surface area contributed by atoms with Gasteiger partial charge in [0, 0.05) is 24.4 Å². The van der Waals surface area contributed by atoms with Crippen LogP contribution in [0.2, 0.25) is 0 Å². The van der Waals surface area contributed by atoms with Crippen LogP contribution in [-0.2, 0) is 0 Å². The molecular weight excluding hydrogens is 266 g/mol. The first-order valence-corrected chi connectivity index (χ1v) is 6.24. The molecule has 0 aliphatic heterocycles. The van der Waals surface area contributed by atoms with Crippen molar-refractivity contribution in [3.8, 4) is 28.6 Å². The third-order valence-electron chi connectivity index (χ3n) is 2.99. The van der Waals surface area contributed by atoms with E-state index in [2.05, 4.69) is 36.8 Å². The van der Waals surface area contributed by atoms with Crippen LogP contribution >= 0.6 is 0 Å². The summed E-state index contributed by atoms with van der Waals surface area (Å²) in [4.78, 5) is 4.35. The second-order valence-corrected chi connectivity index (χ2v) is 4.25. The molecule has 0 unspecified atom stereocenters. The number of nitriles is 1. The quantitative estimate of drug-likeness (QED) is 0.757. The highest BCUT2D eigenvalue weighted by molar-refractivity contribution is 5.70. The molecule has 0 saturated carbocycles. The zero-order chi connectivity index (χ0) is 14.7. The maximum Gasteiger partial charge on any atom is 0.149 e. The first-order valence-electron chi connectivity index (χ1n) is 6.24. The molecule has 3 rings (SSSR count). The van der Waals surface area contributed by atoms with Crippen LogP contribution in [0.3, 0.4) is 0 Å². The molecular formula is C14H11N7. The Kier molecular flexibility index (Phi) is 3.27. The minimum atomic E-state index is 0.327. The maximum atomic E-state index is 9.28. The van der Waals surface area contributed by atoms with E-state index in [4.69, 9.17) is 0 Å². The molecule has 0 radical (unpaired) electrons. The van der Waals surface area contributed by atoms with Crippen LogP contribution in [0.25, 0.3) is 22.5 Å². The highest BCUT2D eigenvalue weighted by atomic mass is 15.2. The average molecular weight is 277 g/mol. The highest BCUT2D eigenvalue weighted by Crippen LogP contribution is 2.24. The van der Waals surface area contributed by atoms with Crippen LogP contribution in [0, 0.1) is 11.3 Å². The van der Waals surface area contributed by atoms with Gasteiger partial charge in [-0.05, 0) is 24.3 Å². The van der Waals surface area contributed by atoms with Gasteiger partial charge in [-0.15, -0.1) is 10.2 Å². The molecule has 0 amide bonds. The Morgan fingerprint density at radius 2 is 2.00 bits per heavy atom. The summed E-state index contributed by atoms with van der Waals surface area (Å²) >= 11 is 0. The first-order chi connectivity index (χ1) is 10.3. The summed E-state index contributed by atoms with van der Waals surface area (Å²) < 4.78 is 0. The summed E-state index contributed by atoms with van der Waals surface area (Å²) in [7, 11) is 1.77. The van der Waals surface area contributed by atoms with Crippen molar-refractivity contribution in [1.29, 1.82) is 5.26 Å². The lowest BCUT2D eigenvalue weighted by Crippen LogP contribution is -1.97. The summed E-state index contributed by atoms with van der Waals surface area (Å²) in [5.74, 6) is 0.675. The fourth-order valence-corrected chi connectivity index (χ4v) is 1.92. The second-order valence-electron chi connectivity index (χ2n) is 4.25. The van der Waals surface area contributed by atoms with E-state index in [1.54, 1.807) is 31.6 Å². The fourth-order valence-electron chi connectivity index (χ4n) is 1.92.